The third-order valence-corrected chi connectivity index (χ3v) is 5.83. The van der Waals surface area contributed by atoms with Crippen molar-refractivity contribution in [3.05, 3.63) is 52.1 Å². The molecule has 0 saturated carbocycles. The van der Waals surface area contributed by atoms with Crippen LogP contribution >= 0.6 is 0 Å². The van der Waals surface area contributed by atoms with Crippen LogP contribution < -0.4 is 14.2 Å². The molecule has 0 aliphatic carbocycles. The molecular weight excluding hydrogens is 342 g/mol. The van der Waals surface area contributed by atoms with Gasteiger partial charge < -0.3 is 14.2 Å². The van der Waals surface area contributed by atoms with Gasteiger partial charge in [0.1, 0.15) is 5.75 Å². The number of ketones is 1. The second-order valence-corrected chi connectivity index (χ2v) is 7.19. The van der Waals surface area contributed by atoms with Crippen LogP contribution in [-0.2, 0) is 19.4 Å². The van der Waals surface area contributed by atoms with Crippen molar-refractivity contribution in [2.75, 3.05) is 27.9 Å². The number of Topliss-reactive ketones (excluding diaryl/α,β-unsaturated/α-hetero) is 1. The molecule has 2 aliphatic heterocycles. The number of carbonyl (C=O) groups is 1. The average Bonchev–Trinajstić information content (AvgIpc) is 2.70. The summed E-state index contributed by atoms with van der Waals surface area (Å²) in [7, 11) is 4.99. The molecule has 5 nitrogen and oxygen atoms in total. The lowest BCUT2D eigenvalue weighted by Gasteiger charge is -2.42. The highest BCUT2D eigenvalue weighted by atomic mass is 16.5. The van der Waals surface area contributed by atoms with Crippen LogP contribution in [0.5, 0.6) is 17.2 Å². The molecule has 0 bridgehead atoms. The van der Waals surface area contributed by atoms with Crippen molar-refractivity contribution < 1.29 is 19.0 Å². The fraction of sp³-hybridized carbons (Fsp3) is 0.409. The summed E-state index contributed by atoms with van der Waals surface area (Å²) in [6.45, 7) is 3.39. The van der Waals surface area contributed by atoms with Crippen LogP contribution in [-0.4, -0.2) is 38.6 Å². The molecule has 4 rings (SSSR count). The molecule has 0 radical (unpaired) electrons. The SMILES string of the molecule is COc1cc2c(cc1C(C)=O)C1Cc3ccc(OC)c(OC)c3CN1CC2. The Kier molecular flexibility index (Phi) is 4.56. The molecule has 2 heterocycles. The number of benzene rings is 2. The molecule has 2 aromatic rings. The van der Waals surface area contributed by atoms with Gasteiger partial charge in [-0.1, -0.05) is 6.07 Å². The van der Waals surface area contributed by atoms with Crippen molar-refractivity contribution in [3.8, 4) is 17.2 Å². The molecule has 0 spiro atoms. The van der Waals surface area contributed by atoms with Crippen molar-refractivity contribution in [2.45, 2.75) is 32.4 Å². The van der Waals surface area contributed by atoms with Gasteiger partial charge >= 0.3 is 0 Å². The van der Waals surface area contributed by atoms with Gasteiger partial charge in [0, 0.05) is 24.7 Å². The minimum atomic E-state index is 0.0365. The average molecular weight is 367 g/mol. The lowest BCUT2D eigenvalue weighted by Crippen LogP contribution is -2.39. The van der Waals surface area contributed by atoms with Crippen LogP contribution in [0, 0.1) is 0 Å². The van der Waals surface area contributed by atoms with Gasteiger partial charge in [0.05, 0.1) is 26.9 Å². The van der Waals surface area contributed by atoms with Gasteiger partial charge in [-0.25, -0.2) is 0 Å². The van der Waals surface area contributed by atoms with Crippen LogP contribution in [0.1, 0.15) is 45.6 Å². The van der Waals surface area contributed by atoms with Crippen molar-refractivity contribution in [1.82, 2.24) is 4.90 Å². The Morgan fingerprint density at radius 2 is 1.81 bits per heavy atom. The highest BCUT2D eigenvalue weighted by Crippen LogP contribution is 2.44. The number of carbonyl (C=O) groups excluding carboxylic acids is 1. The molecular formula is C22H25NO4. The number of ether oxygens (including phenoxy) is 3. The van der Waals surface area contributed by atoms with Gasteiger partial charge in [0.15, 0.2) is 17.3 Å². The maximum atomic E-state index is 12.1. The van der Waals surface area contributed by atoms with Gasteiger partial charge in [-0.2, -0.15) is 0 Å². The largest absolute Gasteiger partial charge is 0.496 e. The maximum Gasteiger partial charge on any atom is 0.165 e. The number of rotatable bonds is 4. The summed E-state index contributed by atoms with van der Waals surface area (Å²) in [5.41, 5.74) is 5.67. The zero-order valence-corrected chi connectivity index (χ0v) is 16.3. The molecule has 1 atom stereocenters. The molecule has 2 aliphatic rings. The standard InChI is InChI=1S/C22H25NO4/c1-13(24)16-11-17-15(10-21(16)26-3)7-8-23-12-18-14(9-19(17)23)5-6-20(25-2)22(18)27-4/h5-6,10-11,19H,7-9,12H2,1-4H3. The van der Waals surface area contributed by atoms with Gasteiger partial charge in [0.2, 0.25) is 0 Å². The Morgan fingerprint density at radius 3 is 2.48 bits per heavy atom. The topological polar surface area (TPSA) is 48.0 Å². The Balaban J connectivity index is 1.78. The monoisotopic (exact) mass is 367 g/mol. The Morgan fingerprint density at radius 1 is 1.04 bits per heavy atom. The fourth-order valence-electron chi connectivity index (χ4n) is 4.46. The van der Waals surface area contributed by atoms with E-state index in [1.807, 2.05) is 18.2 Å². The van der Waals surface area contributed by atoms with Crippen molar-refractivity contribution >= 4 is 5.78 Å². The molecule has 1 unspecified atom stereocenters. The molecule has 0 saturated heterocycles. The summed E-state index contributed by atoms with van der Waals surface area (Å²) in [5.74, 6) is 2.32. The second-order valence-electron chi connectivity index (χ2n) is 7.19. The molecule has 142 valence electrons. The van der Waals surface area contributed by atoms with E-state index in [9.17, 15) is 4.79 Å². The van der Waals surface area contributed by atoms with Crippen LogP contribution in [0.25, 0.3) is 0 Å². The van der Waals surface area contributed by atoms with Crippen molar-refractivity contribution in [3.63, 3.8) is 0 Å². The highest BCUT2D eigenvalue weighted by molar-refractivity contribution is 5.97. The van der Waals surface area contributed by atoms with Gasteiger partial charge in [-0.3, -0.25) is 9.69 Å². The smallest absolute Gasteiger partial charge is 0.165 e. The first-order chi connectivity index (χ1) is 13.1. The summed E-state index contributed by atoms with van der Waals surface area (Å²) >= 11 is 0. The minimum Gasteiger partial charge on any atom is -0.496 e. The maximum absolute atomic E-state index is 12.1. The number of fused-ring (bicyclic) bond motifs is 4. The third kappa shape index (κ3) is 2.86. The van der Waals surface area contributed by atoms with Gasteiger partial charge in [0.25, 0.3) is 0 Å². The Labute approximate surface area is 159 Å². The van der Waals surface area contributed by atoms with E-state index >= 15 is 0 Å². The van der Waals surface area contributed by atoms with Crippen molar-refractivity contribution in [2.24, 2.45) is 0 Å². The quantitative estimate of drug-likeness (QED) is 0.773. The predicted octanol–water partition coefficient (Wildman–Crippen LogP) is 3.57. The number of methoxy groups -OCH3 is 3. The summed E-state index contributed by atoms with van der Waals surface area (Å²) in [6, 6.07) is 8.47. The lowest BCUT2D eigenvalue weighted by molar-refractivity contribution is 0.101. The Bertz CT molecular complexity index is 906. The van der Waals surface area contributed by atoms with Gasteiger partial charge in [-0.15, -0.1) is 0 Å². The highest BCUT2D eigenvalue weighted by Gasteiger charge is 2.35. The van der Waals surface area contributed by atoms with E-state index in [1.165, 1.54) is 22.3 Å². The van der Waals surface area contributed by atoms with Crippen LogP contribution in [0.3, 0.4) is 0 Å². The lowest BCUT2D eigenvalue weighted by atomic mass is 9.82. The summed E-state index contributed by atoms with van der Waals surface area (Å²) in [6.07, 6.45) is 1.84. The second kappa shape index (κ2) is 6.89. The molecule has 0 aromatic heterocycles. The predicted molar refractivity (Wildman–Crippen MR) is 103 cm³/mol. The number of hydrogen-bond acceptors (Lipinski definition) is 5. The fourth-order valence-corrected chi connectivity index (χ4v) is 4.46. The molecule has 27 heavy (non-hydrogen) atoms. The normalized spacial score (nSPS) is 18.1. The number of nitrogens with zero attached hydrogens (tertiary/aromatic N) is 1. The number of hydrogen-bond donors (Lipinski definition) is 0. The molecule has 0 N–H and O–H groups in total. The first-order valence-electron chi connectivity index (χ1n) is 9.25. The van der Waals surface area contributed by atoms with E-state index in [0.717, 1.165) is 37.4 Å². The van der Waals surface area contributed by atoms with E-state index in [-0.39, 0.29) is 11.8 Å². The van der Waals surface area contributed by atoms with E-state index in [1.54, 1.807) is 28.3 Å². The van der Waals surface area contributed by atoms with Crippen molar-refractivity contribution in [1.29, 1.82) is 0 Å². The molecule has 2 aromatic carbocycles. The zero-order chi connectivity index (χ0) is 19.1. The molecule has 0 fully saturated rings. The summed E-state index contributed by atoms with van der Waals surface area (Å²) < 4.78 is 16.6. The van der Waals surface area contributed by atoms with E-state index in [2.05, 4.69) is 11.0 Å². The molecule has 0 amide bonds. The van der Waals surface area contributed by atoms with Crippen LogP contribution in [0.4, 0.5) is 0 Å². The van der Waals surface area contributed by atoms with E-state index in [0.29, 0.717) is 11.3 Å². The Hall–Kier alpha value is -2.53. The minimum absolute atomic E-state index is 0.0365. The first-order valence-corrected chi connectivity index (χ1v) is 9.25. The third-order valence-electron chi connectivity index (χ3n) is 5.83. The molecule has 5 heteroatoms. The van der Waals surface area contributed by atoms with E-state index in [4.69, 9.17) is 14.2 Å². The van der Waals surface area contributed by atoms with E-state index < -0.39 is 0 Å². The summed E-state index contributed by atoms with van der Waals surface area (Å²) in [4.78, 5) is 14.6. The van der Waals surface area contributed by atoms with Crippen LogP contribution in [0.15, 0.2) is 24.3 Å². The van der Waals surface area contributed by atoms with Gasteiger partial charge in [-0.05, 0) is 54.7 Å². The summed E-state index contributed by atoms with van der Waals surface area (Å²) in [5, 5.41) is 0. The zero-order valence-electron chi connectivity index (χ0n) is 16.3. The van der Waals surface area contributed by atoms with Crippen LogP contribution in [0.2, 0.25) is 0 Å². The first kappa shape index (κ1) is 17.9.